The monoisotopic (exact) mass is 514 g/mol. The molecule has 0 saturated heterocycles. The summed E-state index contributed by atoms with van der Waals surface area (Å²) in [4.78, 5) is 25.1. The molecule has 0 atom stereocenters. The number of rotatable bonds is 6. The molecule has 0 aliphatic carbocycles. The van der Waals surface area contributed by atoms with Crippen molar-refractivity contribution in [3.63, 3.8) is 0 Å². The SMILES string of the molecule is Cc1ccc(-n2c(SCC(=O)Nc3ccc4c(c3)n(C)c(=O)n4C)nnc2-c2ccccc2O)c(C)c1. The zero-order valence-corrected chi connectivity index (χ0v) is 21.7. The molecule has 0 saturated carbocycles. The average molecular weight is 515 g/mol. The van der Waals surface area contributed by atoms with Gasteiger partial charge in [0.1, 0.15) is 5.75 Å². The molecule has 0 bridgehead atoms. The molecular weight excluding hydrogens is 488 g/mol. The number of phenols is 1. The van der Waals surface area contributed by atoms with E-state index in [1.807, 2.05) is 42.7 Å². The van der Waals surface area contributed by atoms with E-state index >= 15 is 0 Å². The Bertz CT molecular complexity index is 1720. The number of nitrogens with one attached hydrogen (secondary N) is 1. The zero-order chi connectivity index (χ0) is 26.3. The number of benzene rings is 3. The summed E-state index contributed by atoms with van der Waals surface area (Å²) < 4.78 is 4.99. The first-order valence-corrected chi connectivity index (χ1v) is 12.6. The van der Waals surface area contributed by atoms with Gasteiger partial charge in [0.05, 0.1) is 28.0 Å². The zero-order valence-electron chi connectivity index (χ0n) is 20.9. The van der Waals surface area contributed by atoms with Gasteiger partial charge in [0.25, 0.3) is 0 Å². The van der Waals surface area contributed by atoms with Gasteiger partial charge in [-0.2, -0.15) is 0 Å². The molecule has 0 aliphatic heterocycles. The minimum atomic E-state index is -0.218. The van der Waals surface area contributed by atoms with Crippen LogP contribution in [0.3, 0.4) is 0 Å². The predicted octanol–water partition coefficient (Wildman–Crippen LogP) is 4.18. The van der Waals surface area contributed by atoms with Gasteiger partial charge in [0.2, 0.25) is 5.91 Å². The largest absolute Gasteiger partial charge is 0.507 e. The van der Waals surface area contributed by atoms with Crippen molar-refractivity contribution in [2.45, 2.75) is 19.0 Å². The normalized spacial score (nSPS) is 11.2. The Morgan fingerprint density at radius 1 is 0.973 bits per heavy atom. The van der Waals surface area contributed by atoms with Crippen LogP contribution in [0.4, 0.5) is 5.69 Å². The molecule has 3 aromatic carbocycles. The number of aromatic nitrogens is 5. The van der Waals surface area contributed by atoms with E-state index in [-0.39, 0.29) is 23.1 Å². The Morgan fingerprint density at radius 2 is 1.73 bits per heavy atom. The quantitative estimate of drug-likeness (QED) is 0.329. The maximum absolute atomic E-state index is 12.9. The Kier molecular flexibility index (Phi) is 6.34. The van der Waals surface area contributed by atoms with Gasteiger partial charge in [-0.05, 0) is 55.8 Å². The van der Waals surface area contributed by atoms with Crippen molar-refractivity contribution in [3.05, 3.63) is 82.3 Å². The molecule has 10 heteroatoms. The highest BCUT2D eigenvalue weighted by atomic mass is 32.2. The van der Waals surface area contributed by atoms with Crippen LogP contribution in [0.2, 0.25) is 0 Å². The first-order chi connectivity index (χ1) is 17.7. The third-order valence-electron chi connectivity index (χ3n) is 6.26. The molecule has 2 N–H and O–H groups in total. The maximum atomic E-state index is 12.9. The average Bonchev–Trinajstić information content (AvgIpc) is 3.38. The fourth-order valence-corrected chi connectivity index (χ4v) is 5.13. The smallest absolute Gasteiger partial charge is 0.328 e. The summed E-state index contributed by atoms with van der Waals surface area (Å²) in [7, 11) is 3.42. The Hall–Kier alpha value is -4.31. The molecule has 0 unspecified atom stereocenters. The summed E-state index contributed by atoms with van der Waals surface area (Å²) in [6, 6.07) is 18.4. The van der Waals surface area contributed by atoms with Gasteiger partial charge in [-0.3, -0.25) is 18.5 Å². The lowest BCUT2D eigenvalue weighted by Crippen LogP contribution is -2.19. The van der Waals surface area contributed by atoms with Crippen molar-refractivity contribution in [2.24, 2.45) is 14.1 Å². The molecule has 188 valence electrons. The molecule has 0 radical (unpaired) electrons. The van der Waals surface area contributed by atoms with E-state index < -0.39 is 0 Å². The van der Waals surface area contributed by atoms with Crippen LogP contribution < -0.4 is 11.0 Å². The number of hydrogen-bond donors (Lipinski definition) is 2. The minimum absolute atomic E-state index is 0.0928. The molecule has 37 heavy (non-hydrogen) atoms. The Labute approximate surface area is 217 Å². The lowest BCUT2D eigenvalue weighted by Gasteiger charge is -2.14. The number of imidazole rings is 1. The van der Waals surface area contributed by atoms with Gasteiger partial charge < -0.3 is 10.4 Å². The Morgan fingerprint density at radius 3 is 2.49 bits per heavy atom. The second kappa shape index (κ2) is 9.62. The molecular formula is C27H26N6O3S. The van der Waals surface area contributed by atoms with Crippen LogP contribution in [0.1, 0.15) is 11.1 Å². The second-order valence-electron chi connectivity index (χ2n) is 8.89. The number of fused-ring (bicyclic) bond motifs is 1. The molecule has 9 nitrogen and oxygen atoms in total. The van der Waals surface area contributed by atoms with E-state index in [2.05, 4.69) is 21.6 Å². The number of phenolic OH excluding ortho intramolecular Hbond substituents is 1. The van der Waals surface area contributed by atoms with Crippen LogP contribution in [-0.4, -0.2) is 40.7 Å². The first kappa shape index (κ1) is 24.4. The van der Waals surface area contributed by atoms with Crippen LogP contribution in [0, 0.1) is 13.8 Å². The van der Waals surface area contributed by atoms with Crippen molar-refractivity contribution in [3.8, 4) is 22.8 Å². The number of amides is 1. The predicted molar refractivity (Wildman–Crippen MR) is 145 cm³/mol. The standard InChI is InChI=1S/C27H26N6O3S/c1-16-9-11-20(17(2)13-16)33-25(19-7-5-6-8-23(19)34)29-30-26(33)37-15-24(35)28-18-10-12-21-22(14-18)32(4)27(36)31(21)3/h5-14,34H,15H2,1-4H3,(H,28,35). The van der Waals surface area contributed by atoms with Crippen LogP contribution in [-0.2, 0) is 18.9 Å². The van der Waals surface area contributed by atoms with E-state index in [9.17, 15) is 14.7 Å². The molecule has 5 rings (SSSR count). The number of carbonyl (C=O) groups is 1. The van der Waals surface area contributed by atoms with E-state index in [1.165, 1.54) is 11.8 Å². The fraction of sp³-hybridized carbons (Fsp3) is 0.185. The van der Waals surface area contributed by atoms with Crippen LogP contribution in [0.25, 0.3) is 28.1 Å². The molecule has 0 spiro atoms. The lowest BCUT2D eigenvalue weighted by molar-refractivity contribution is -0.113. The highest BCUT2D eigenvalue weighted by molar-refractivity contribution is 7.99. The summed E-state index contributed by atoms with van der Waals surface area (Å²) in [6.07, 6.45) is 0. The highest BCUT2D eigenvalue weighted by Crippen LogP contribution is 2.33. The topological polar surface area (TPSA) is 107 Å². The van der Waals surface area contributed by atoms with E-state index in [4.69, 9.17) is 0 Å². The Balaban J connectivity index is 1.43. The number of nitrogens with zero attached hydrogens (tertiary/aromatic N) is 5. The van der Waals surface area contributed by atoms with Crippen molar-refractivity contribution in [1.29, 1.82) is 0 Å². The third-order valence-corrected chi connectivity index (χ3v) is 7.19. The maximum Gasteiger partial charge on any atom is 0.328 e. The molecule has 1 amide bonds. The summed E-state index contributed by atoms with van der Waals surface area (Å²) in [5.41, 5.74) is 5.56. The number of carbonyl (C=O) groups excluding carboxylic acids is 1. The van der Waals surface area contributed by atoms with E-state index in [0.29, 0.717) is 22.2 Å². The lowest BCUT2D eigenvalue weighted by atomic mass is 10.1. The summed E-state index contributed by atoms with van der Waals surface area (Å²) in [5, 5.41) is 22.6. The van der Waals surface area contributed by atoms with Crippen LogP contribution in [0.15, 0.2) is 70.6 Å². The molecule has 2 heterocycles. The van der Waals surface area contributed by atoms with Gasteiger partial charge in [0, 0.05) is 19.8 Å². The minimum Gasteiger partial charge on any atom is -0.507 e. The number of anilines is 1. The van der Waals surface area contributed by atoms with E-state index in [1.54, 1.807) is 53.6 Å². The summed E-state index contributed by atoms with van der Waals surface area (Å²) >= 11 is 1.25. The highest BCUT2D eigenvalue weighted by Gasteiger charge is 2.20. The second-order valence-corrected chi connectivity index (χ2v) is 9.83. The van der Waals surface area contributed by atoms with Gasteiger partial charge >= 0.3 is 5.69 Å². The van der Waals surface area contributed by atoms with Crippen LogP contribution in [0.5, 0.6) is 5.75 Å². The molecule has 2 aromatic heterocycles. The van der Waals surface area contributed by atoms with Crippen molar-refractivity contribution >= 4 is 34.4 Å². The fourth-order valence-electron chi connectivity index (χ4n) is 4.39. The number of para-hydroxylation sites is 1. The number of aryl methyl sites for hydroxylation is 4. The van der Waals surface area contributed by atoms with Gasteiger partial charge in [0.15, 0.2) is 11.0 Å². The van der Waals surface area contributed by atoms with Gasteiger partial charge in [-0.1, -0.05) is 41.6 Å². The van der Waals surface area contributed by atoms with Gasteiger partial charge in [-0.15, -0.1) is 10.2 Å². The number of thioether (sulfide) groups is 1. The van der Waals surface area contributed by atoms with Crippen molar-refractivity contribution in [2.75, 3.05) is 11.1 Å². The van der Waals surface area contributed by atoms with E-state index in [0.717, 1.165) is 27.8 Å². The molecule has 0 fully saturated rings. The summed E-state index contributed by atoms with van der Waals surface area (Å²) in [6.45, 7) is 4.03. The first-order valence-electron chi connectivity index (χ1n) is 11.6. The van der Waals surface area contributed by atoms with Crippen LogP contribution >= 0.6 is 11.8 Å². The summed E-state index contributed by atoms with van der Waals surface area (Å²) in [5.74, 6) is 0.462. The number of hydrogen-bond acceptors (Lipinski definition) is 6. The van der Waals surface area contributed by atoms with Gasteiger partial charge in [-0.25, -0.2) is 4.79 Å². The molecule has 5 aromatic rings. The number of aromatic hydroxyl groups is 1. The van der Waals surface area contributed by atoms with Crippen molar-refractivity contribution in [1.82, 2.24) is 23.9 Å². The molecule has 0 aliphatic rings. The van der Waals surface area contributed by atoms with Crippen molar-refractivity contribution < 1.29 is 9.90 Å². The third kappa shape index (κ3) is 4.51.